The van der Waals surface area contributed by atoms with Crippen LogP contribution in [0, 0.1) is 25.5 Å². The Morgan fingerprint density at radius 3 is 1.71 bits per heavy atom. The van der Waals surface area contributed by atoms with Gasteiger partial charge in [-0.3, -0.25) is 0 Å². The first kappa shape index (κ1) is 31.0. The lowest BCUT2D eigenvalue weighted by atomic mass is 10.2. The van der Waals surface area contributed by atoms with Gasteiger partial charge in [0.1, 0.15) is 11.6 Å². The largest absolute Gasteiger partial charge is 0.269 e. The molecule has 218 valence electrons. The number of hydrogen-bond acceptors (Lipinski definition) is 6. The number of rotatable bonds is 4. The predicted molar refractivity (Wildman–Crippen MR) is 161 cm³/mol. The Balaban J connectivity index is 0.000000189. The van der Waals surface area contributed by atoms with Gasteiger partial charge in [-0.1, -0.05) is 42.8 Å². The minimum Gasteiger partial charge on any atom is -0.234 e. The van der Waals surface area contributed by atoms with Crippen LogP contribution in [0.15, 0.2) is 106 Å². The van der Waals surface area contributed by atoms with Gasteiger partial charge < -0.3 is 0 Å². The van der Waals surface area contributed by atoms with E-state index in [4.69, 9.17) is 0 Å². The minimum atomic E-state index is -3.77. The summed E-state index contributed by atoms with van der Waals surface area (Å²) in [5.74, 6) is -1.02. The highest BCUT2D eigenvalue weighted by atomic mass is 79.9. The minimum absolute atomic E-state index is 0. The second-order valence-corrected chi connectivity index (χ2v) is 13.6. The summed E-state index contributed by atoms with van der Waals surface area (Å²) in [7, 11) is -7.49. The number of benzene rings is 2. The van der Waals surface area contributed by atoms with Crippen LogP contribution in [-0.2, 0) is 20.0 Å². The SMILES string of the molecule is C.Cc1ccc(S(=O)(=O)n2cc(Br)c3cc(F)cnc32)cc1.Cc1ccc(S(=O)(=O)n2ccc3cc(F)cnc32)cc1. The number of halogens is 3. The van der Waals surface area contributed by atoms with Crippen LogP contribution >= 0.6 is 15.9 Å². The fourth-order valence-corrected chi connectivity index (χ4v) is 7.28. The van der Waals surface area contributed by atoms with E-state index in [1.165, 1.54) is 42.7 Å². The molecule has 0 aliphatic rings. The number of hydrogen-bond donors (Lipinski definition) is 0. The molecule has 0 saturated heterocycles. The molecule has 0 fully saturated rings. The lowest BCUT2D eigenvalue weighted by Crippen LogP contribution is -2.12. The van der Waals surface area contributed by atoms with Crippen molar-refractivity contribution in [2.45, 2.75) is 31.1 Å². The Labute approximate surface area is 250 Å². The van der Waals surface area contributed by atoms with Crippen molar-refractivity contribution in [3.8, 4) is 0 Å². The highest BCUT2D eigenvalue weighted by Crippen LogP contribution is 2.29. The normalized spacial score (nSPS) is 11.6. The van der Waals surface area contributed by atoms with Gasteiger partial charge >= 0.3 is 0 Å². The van der Waals surface area contributed by atoms with Gasteiger partial charge in [-0.15, -0.1) is 0 Å². The molecule has 42 heavy (non-hydrogen) atoms. The average Bonchev–Trinajstić information content (AvgIpc) is 3.51. The summed E-state index contributed by atoms with van der Waals surface area (Å²) in [6.45, 7) is 3.76. The van der Waals surface area contributed by atoms with Crippen molar-refractivity contribution < 1.29 is 25.6 Å². The quantitative estimate of drug-likeness (QED) is 0.203. The van der Waals surface area contributed by atoms with Gasteiger partial charge in [0, 0.05) is 27.6 Å². The lowest BCUT2D eigenvalue weighted by molar-refractivity contribution is 0.586. The van der Waals surface area contributed by atoms with E-state index < -0.39 is 31.7 Å². The molecule has 0 radical (unpaired) electrons. The zero-order chi connectivity index (χ0) is 29.5. The molecule has 0 spiro atoms. The summed E-state index contributed by atoms with van der Waals surface area (Å²) < 4.78 is 79.3. The van der Waals surface area contributed by atoms with Gasteiger partial charge in [0.15, 0.2) is 11.3 Å². The Kier molecular flexibility index (Phi) is 8.67. The zero-order valence-corrected chi connectivity index (χ0v) is 24.8. The first-order valence-corrected chi connectivity index (χ1v) is 15.6. The monoisotopic (exact) mass is 674 g/mol. The van der Waals surface area contributed by atoms with Crippen molar-refractivity contribution in [2.75, 3.05) is 0 Å². The predicted octanol–water partition coefficient (Wildman–Crippen LogP) is 6.84. The highest BCUT2D eigenvalue weighted by molar-refractivity contribution is 9.10. The second kappa shape index (κ2) is 11.7. The maximum absolute atomic E-state index is 13.2. The van der Waals surface area contributed by atoms with Gasteiger partial charge in [-0.05, 0) is 72.2 Å². The van der Waals surface area contributed by atoms with Crippen molar-refractivity contribution >= 4 is 58.0 Å². The summed E-state index contributed by atoms with van der Waals surface area (Å²) in [6.07, 6.45) is 4.76. The van der Waals surface area contributed by atoms with Gasteiger partial charge in [0.2, 0.25) is 0 Å². The molecule has 8 nitrogen and oxygen atoms in total. The third-order valence-corrected chi connectivity index (χ3v) is 10.1. The van der Waals surface area contributed by atoms with E-state index >= 15 is 0 Å². The smallest absolute Gasteiger partial charge is 0.234 e. The second-order valence-electron chi connectivity index (χ2n) is 9.11. The van der Waals surface area contributed by atoms with E-state index in [2.05, 4.69) is 25.9 Å². The lowest BCUT2D eigenvalue weighted by Gasteiger charge is -2.07. The number of fused-ring (bicyclic) bond motifs is 2. The number of aromatic nitrogens is 4. The number of pyridine rings is 2. The molecule has 0 unspecified atom stereocenters. The van der Waals surface area contributed by atoms with Crippen LogP contribution < -0.4 is 0 Å². The fourth-order valence-electron chi connectivity index (χ4n) is 4.01. The van der Waals surface area contributed by atoms with Gasteiger partial charge in [0.25, 0.3) is 20.0 Å². The standard InChI is InChI=1S/C14H10BrFN2O2S.C14H11FN2O2S.CH4/c1-9-2-4-11(5-3-9)21(19,20)18-8-13(15)12-6-10(16)7-17-14(12)18;1-10-2-4-13(5-3-10)20(18,19)17-7-6-11-8-12(15)9-16-14(11)17;/h2-8H,1H3;2-9H,1H3;1H4. The molecule has 6 aromatic rings. The highest BCUT2D eigenvalue weighted by Gasteiger charge is 2.22. The average molecular weight is 676 g/mol. The van der Waals surface area contributed by atoms with Crippen LogP contribution in [0.4, 0.5) is 8.78 Å². The topological polar surface area (TPSA) is 104 Å². The van der Waals surface area contributed by atoms with E-state index in [0.29, 0.717) is 15.2 Å². The molecule has 6 rings (SSSR count). The summed E-state index contributed by atoms with van der Waals surface area (Å²) in [5, 5.41) is 0.853. The summed E-state index contributed by atoms with van der Waals surface area (Å²) >= 11 is 3.24. The van der Waals surface area contributed by atoms with Crippen LogP contribution in [0.3, 0.4) is 0 Å². The molecular weight excluding hydrogens is 650 g/mol. The van der Waals surface area contributed by atoms with Gasteiger partial charge in [-0.25, -0.2) is 43.5 Å². The van der Waals surface area contributed by atoms with E-state index in [0.717, 1.165) is 31.5 Å². The van der Waals surface area contributed by atoms with Crippen LogP contribution in [0.1, 0.15) is 18.6 Å². The molecule has 13 heteroatoms. The maximum Gasteiger partial charge on any atom is 0.269 e. The summed E-state index contributed by atoms with van der Waals surface area (Å²) in [5.41, 5.74) is 2.34. The molecular formula is C29H25BrF2N4O4S2. The van der Waals surface area contributed by atoms with E-state index in [-0.39, 0.29) is 28.5 Å². The van der Waals surface area contributed by atoms with Crippen molar-refractivity contribution in [3.05, 3.63) is 119 Å². The molecule has 0 saturated carbocycles. The molecule has 0 atom stereocenters. The molecule has 0 N–H and O–H groups in total. The Morgan fingerprint density at radius 2 is 1.17 bits per heavy atom. The molecule has 2 aromatic carbocycles. The van der Waals surface area contributed by atoms with E-state index in [1.807, 2.05) is 13.8 Å². The molecule has 0 aliphatic carbocycles. The molecule has 0 aliphatic heterocycles. The number of nitrogens with zero attached hydrogens (tertiary/aromatic N) is 4. The van der Waals surface area contributed by atoms with Crippen molar-refractivity contribution in [1.82, 2.24) is 17.9 Å². The van der Waals surface area contributed by atoms with E-state index in [9.17, 15) is 25.6 Å². The molecule has 0 amide bonds. The summed E-state index contributed by atoms with van der Waals surface area (Å²) in [4.78, 5) is 8.08. The van der Waals surface area contributed by atoms with Crippen molar-refractivity contribution in [1.29, 1.82) is 0 Å². The maximum atomic E-state index is 13.2. The molecule has 4 heterocycles. The van der Waals surface area contributed by atoms with E-state index in [1.54, 1.807) is 36.4 Å². The Morgan fingerprint density at radius 1 is 0.690 bits per heavy atom. The number of aryl methyl sites for hydroxylation is 2. The first-order chi connectivity index (χ1) is 19.4. The third-order valence-electron chi connectivity index (χ3n) is 6.15. The Hall–Kier alpha value is -3.94. The van der Waals surface area contributed by atoms with Crippen LogP contribution in [0.5, 0.6) is 0 Å². The summed E-state index contributed by atoms with van der Waals surface area (Å²) in [6, 6.07) is 17.1. The fraction of sp³-hybridized carbons (Fsp3) is 0.103. The zero-order valence-electron chi connectivity index (χ0n) is 21.5. The molecule has 0 bridgehead atoms. The molecule has 4 aromatic heterocycles. The van der Waals surface area contributed by atoms with Crippen LogP contribution in [0.25, 0.3) is 22.1 Å². The van der Waals surface area contributed by atoms with Gasteiger partial charge in [0.05, 0.1) is 22.2 Å². The van der Waals surface area contributed by atoms with Crippen molar-refractivity contribution in [2.24, 2.45) is 0 Å². The third kappa shape index (κ3) is 5.85. The Bertz CT molecular complexity index is 2130. The van der Waals surface area contributed by atoms with Crippen LogP contribution in [0.2, 0.25) is 0 Å². The van der Waals surface area contributed by atoms with Crippen LogP contribution in [-0.4, -0.2) is 34.7 Å². The van der Waals surface area contributed by atoms with Gasteiger partial charge in [-0.2, -0.15) is 0 Å². The van der Waals surface area contributed by atoms with Crippen molar-refractivity contribution in [3.63, 3.8) is 0 Å². The first-order valence-electron chi connectivity index (χ1n) is 12.0.